The average Bonchev–Trinajstić information content (AvgIpc) is 3.23. The highest BCUT2D eigenvalue weighted by Gasteiger charge is 2.23. The van der Waals surface area contributed by atoms with Crippen molar-refractivity contribution in [3.05, 3.63) is 83.4 Å². The molecule has 0 saturated heterocycles. The minimum atomic E-state index is -0.342. The third kappa shape index (κ3) is 5.54. The highest BCUT2D eigenvalue weighted by Crippen LogP contribution is 2.27. The van der Waals surface area contributed by atoms with Crippen LogP contribution in [-0.4, -0.2) is 31.3 Å². The molecule has 0 aliphatic carbocycles. The fourth-order valence-electron chi connectivity index (χ4n) is 3.82. The van der Waals surface area contributed by atoms with E-state index < -0.39 is 0 Å². The molecule has 0 aliphatic rings. The minimum Gasteiger partial charge on any atom is -0.348 e. The zero-order valence-electron chi connectivity index (χ0n) is 20.5. The molecule has 8 nitrogen and oxygen atoms in total. The first-order valence-corrected chi connectivity index (χ1v) is 11.7. The lowest BCUT2D eigenvalue weighted by molar-refractivity contribution is 0.0951. The van der Waals surface area contributed by atoms with Crippen molar-refractivity contribution in [2.75, 3.05) is 5.32 Å². The van der Waals surface area contributed by atoms with Crippen LogP contribution in [0.15, 0.2) is 61.2 Å². The number of fused-ring (bicyclic) bond motifs is 1. The number of rotatable bonds is 7. The lowest BCUT2D eigenvalue weighted by atomic mass is 10.1. The second kappa shape index (κ2) is 10.0. The van der Waals surface area contributed by atoms with Gasteiger partial charge in [0.05, 0.1) is 10.9 Å². The van der Waals surface area contributed by atoms with E-state index in [1.807, 2.05) is 49.6 Å². The van der Waals surface area contributed by atoms with Gasteiger partial charge in [-0.15, -0.1) is 0 Å². The number of aryl methyl sites for hydroxylation is 1. The van der Waals surface area contributed by atoms with E-state index in [1.165, 1.54) is 5.56 Å². The molecule has 3 aromatic heterocycles. The van der Waals surface area contributed by atoms with E-state index in [2.05, 4.69) is 32.5 Å². The Bertz CT molecular complexity index is 1340. The van der Waals surface area contributed by atoms with Gasteiger partial charge in [0.25, 0.3) is 11.8 Å². The summed E-state index contributed by atoms with van der Waals surface area (Å²) in [6, 6.07) is 11.3. The molecular formula is C27H30N6O2. The second-order valence-electron chi connectivity index (χ2n) is 9.46. The van der Waals surface area contributed by atoms with Gasteiger partial charge in [0, 0.05) is 42.4 Å². The standard InChI is InChI=1S/C27H30N6O2/c1-5-7-18-9-11-20(12-10-18)24(34)32-26-30-16-21-22(17-33(23(21)31-26)27(2,3)4)25(35)29-15-19-8-6-13-28-14-19/h6,8-14,16-17H,5,7,15H2,1-4H3,(H,29,35)(H,30,31,32,34). The van der Waals surface area contributed by atoms with Gasteiger partial charge in [0.1, 0.15) is 5.65 Å². The number of amides is 2. The molecule has 35 heavy (non-hydrogen) atoms. The van der Waals surface area contributed by atoms with Crippen molar-refractivity contribution in [2.45, 2.75) is 52.6 Å². The Kier molecular flexibility index (Phi) is 6.91. The van der Waals surface area contributed by atoms with Crippen molar-refractivity contribution in [1.82, 2.24) is 24.8 Å². The third-order valence-electron chi connectivity index (χ3n) is 5.67. The maximum absolute atomic E-state index is 13.0. The summed E-state index contributed by atoms with van der Waals surface area (Å²) in [4.78, 5) is 38.8. The van der Waals surface area contributed by atoms with E-state index >= 15 is 0 Å². The van der Waals surface area contributed by atoms with Crippen LogP contribution in [-0.2, 0) is 18.5 Å². The average molecular weight is 471 g/mol. The van der Waals surface area contributed by atoms with Crippen LogP contribution in [0.25, 0.3) is 11.0 Å². The van der Waals surface area contributed by atoms with Crippen LogP contribution in [0.2, 0.25) is 0 Å². The largest absolute Gasteiger partial charge is 0.348 e. The van der Waals surface area contributed by atoms with E-state index in [0.717, 1.165) is 18.4 Å². The summed E-state index contributed by atoms with van der Waals surface area (Å²) in [5.41, 5.74) is 3.35. The first-order chi connectivity index (χ1) is 16.8. The zero-order valence-corrected chi connectivity index (χ0v) is 20.5. The second-order valence-corrected chi connectivity index (χ2v) is 9.46. The predicted molar refractivity (Wildman–Crippen MR) is 136 cm³/mol. The monoisotopic (exact) mass is 470 g/mol. The van der Waals surface area contributed by atoms with Gasteiger partial charge in [-0.05, 0) is 56.5 Å². The first-order valence-electron chi connectivity index (χ1n) is 11.7. The minimum absolute atomic E-state index is 0.186. The molecule has 2 N–H and O–H groups in total. The maximum Gasteiger partial charge on any atom is 0.258 e. The Morgan fingerprint density at radius 3 is 2.43 bits per heavy atom. The van der Waals surface area contributed by atoms with Crippen LogP contribution in [0, 0.1) is 0 Å². The SMILES string of the molecule is CCCc1ccc(C(=O)Nc2ncc3c(C(=O)NCc4cccnc4)cn(C(C)(C)C)c3n2)cc1. The molecule has 0 aliphatic heterocycles. The molecule has 1 aromatic carbocycles. The molecule has 0 fully saturated rings. The summed E-state index contributed by atoms with van der Waals surface area (Å²) in [5.74, 6) is -0.323. The van der Waals surface area contributed by atoms with Crippen molar-refractivity contribution in [2.24, 2.45) is 0 Å². The zero-order chi connectivity index (χ0) is 25.0. The summed E-state index contributed by atoms with van der Waals surface area (Å²) in [7, 11) is 0. The van der Waals surface area contributed by atoms with Gasteiger partial charge in [-0.3, -0.25) is 19.9 Å². The van der Waals surface area contributed by atoms with E-state index in [4.69, 9.17) is 0 Å². The van der Waals surface area contributed by atoms with Crippen LogP contribution in [0.1, 0.15) is 66.0 Å². The van der Waals surface area contributed by atoms with Crippen LogP contribution in [0.4, 0.5) is 5.95 Å². The molecule has 0 bridgehead atoms. The van der Waals surface area contributed by atoms with Crippen molar-refractivity contribution < 1.29 is 9.59 Å². The first kappa shape index (κ1) is 24.1. The molecule has 0 radical (unpaired) electrons. The topological polar surface area (TPSA) is 102 Å². The lowest BCUT2D eigenvalue weighted by Crippen LogP contribution is -2.23. The summed E-state index contributed by atoms with van der Waals surface area (Å²) >= 11 is 0. The van der Waals surface area contributed by atoms with Gasteiger partial charge < -0.3 is 9.88 Å². The quantitative estimate of drug-likeness (QED) is 0.407. The molecule has 180 valence electrons. The number of aromatic nitrogens is 4. The molecule has 0 atom stereocenters. The molecule has 0 spiro atoms. The molecule has 3 heterocycles. The van der Waals surface area contributed by atoms with E-state index in [9.17, 15) is 9.59 Å². The number of carbonyl (C=O) groups excluding carboxylic acids is 2. The normalized spacial score (nSPS) is 11.4. The molecule has 4 aromatic rings. The van der Waals surface area contributed by atoms with Crippen molar-refractivity contribution in [3.63, 3.8) is 0 Å². The fraction of sp³-hybridized carbons (Fsp3) is 0.296. The molecule has 0 unspecified atom stereocenters. The third-order valence-corrected chi connectivity index (χ3v) is 5.67. The van der Waals surface area contributed by atoms with Crippen molar-refractivity contribution >= 4 is 28.8 Å². The number of nitrogens with zero attached hydrogens (tertiary/aromatic N) is 4. The summed E-state index contributed by atoms with van der Waals surface area (Å²) in [6.45, 7) is 8.57. The van der Waals surface area contributed by atoms with Crippen LogP contribution < -0.4 is 10.6 Å². The van der Waals surface area contributed by atoms with Crippen LogP contribution >= 0.6 is 0 Å². The van der Waals surface area contributed by atoms with E-state index in [0.29, 0.717) is 28.7 Å². The number of anilines is 1. The Morgan fingerprint density at radius 2 is 1.77 bits per heavy atom. The number of nitrogens with one attached hydrogen (secondary N) is 2. The molecule has 8 heteroatoms. The Labute approximate surface area is 204 Å². The van der Waals surface area contributed by atoms with Crippen molar-refractivity contribution in [3.8, 4) is 0 Å². The maximum atomic E-state index is 13.0. The number of pyridine rings is 1. The highest BCUT2D eigenvalue weighted by molar-refractivity contribution is 6.07. The summed E-state index contributed by atoms with van der Waals surface area (Å²) in [6.07, 6.45) is 8.81. The summed E-state index contributed by atoms with van der Waals surface area (Å²) < 4.78 is 1.93. The fourth-order valence-corrected chi connectivity index (χ4v) is 3.82. The molecule has 0 saturated carbocycles. The number of benzene rings is 1. The lowest BCUT2D eigenvalue weighted by Gasteiger charge is -2.22. The Hall–Kier alpha value is -4.07. The number of carbonyl (C=O) groups is 2. The molecular weight excluding hydrogens is 440 g/mol. The van der Waals surface area contributed by atoms with Crippen LogP contribution in [0.5, 0.6) is 0 Å². The number of hydrogen-bond acceptors (Lipinski definition) is 5. The highest BCUT2D eigenvalue weighted by atomic mass is 16.2. The smallest absolute Gasteiger partial charge is 0.258 e. The number of hydrogen-bond donors (Lipinski definition) is 2. The van der Waals surface area contributed by atoms with Crippen molar-refractivity contribution in [1.29, 1.82) is 0 Å². The van der Waals surface area contributed by atoms with Gasteiger partial charge in [-0.1, -0.05) is 31.5 Å². The van der Waals surface area contributed by atoms with Crippen LogP contribution in [0.3, 0.4) is 0 Å². The predicted octanol–water partition coefficient (Wildman–Crippen LogP) is 4.72. The molecule has 4 rings (SSSR count). The summed E-state index contributed by atoms with van der Waals surface area (Å²) in [5, 5.41) is 6.34. The van der Waals surface area contributed by atoms with E-state index in [1.54, 1.807) is 36.9 Å². The van der Waals surface area contributed by atoms with Gasteiger partial charge >= 0.3 is 0 Å². The van der Waals surface area contributed by atoms with E-state index in [-0.39, 0.29) is 23.3 Å². The van der Waals surface area contributed by atoms with Gasteiger partial charge in [-0.25, -0.2) is 4.98 Å². The molecule has 2 amide bonds. The van der Waals surface area contributed by atoms with Gasteiger partial charge in [-0.2, -0.15) is 4.98 Å². The van der Waals surface area contributed by atoms with Gasteiger partial charge in [0.15, 0.2) is 0 Å². The van der Waals surface area contributed by atoms with Gasteiger partial charge in [0.2, 0.25) is 5.95 Å². The Morgan fingerprint density at radius 1 is 1.00 bits per heavy atom. The Balaban J connectivity index is 1.59.